The SMILES string of the molecule is CC(=O)Nc1cc(-c2cc(N(C)S(C)(=O)=O)c(C)[n+](O)c2)ccn1.CC(=O)Nc1cc(-c2cnc(C)c(NS(=O)(=O)c3ccc(C)cc3Cl)c2)ccn1.CC(=O)Nc1cc(-c2cnc(C)c(NS(=O)(=O)c3ccc(C)cc3F)c2)c(C)cn1.CC(=O)Nc1cc(-c2cnc(N)c(S(=O)(=O)CCc3ccccc3)c2)ccn1.COc1ncc(-c2ccnc(NC(C)=O)c2)cc1C(=O)N(C)C. The highest BCUT2D eigenvalue weighted by atomic mass is 35.5. The van der Waals surface area contributed by atoms with Gasteiger partial charge >= 0.3 is 0 Å². The summed E-state index contributed by atoms with van der Waals surface area (Å²) in [5, 5.41) is 23.3. The Balaban J connectivity index is 0.000000189. The van der Waals surface area contributed by atoms with Crippen LogP contribution in [0.3, 0.4) is 0 Å². The second-order valence-electron chi connectivity index (χ2n) is 30.2. The predicted octanol–water partition coefficient (Wildman–Crippen LogP) is 13.6. The zero-order valence-corrected chi connectivity index (χ0v) is 79.5. The van der Waals surface area contributed by atoms with Crippen LogP contribution >= 0.6 is 11.6 Å². The Morgan fingerprint density at radius 3 is 1.36 bits per heavy atom. The first-order valence-electron chi connectivity index (χ1n) is 40.3. The quantitative estimate of drug-likeness (QED) is 0.0200. The molecule has 0 atom stereocenters. The molecular weight excluding hydrogens is 1820 g/mol. The first-order valence-corrected chi connectivity index (χ1v) is 47.1. The van der Waals surface area contributed by atoms with Gasteiger partial charge in [-0.05, 0) is 200 Å². The molecule has 13 aromatic rings. The van der Waals surface area contributed by atoms with Crippen molar-refractivity contribution in [3.8, 4) is 61.5 Å². The van der Waals surface area contributed by atoms with Crippen molar-refractivity contribution in [1.82, 2.24) is 49.8 Å². The van der Waals surface area contributed by atoms with Gasteiger partial charge in [-0.15, -0.1) is 0 Å². The van der Waals surface area contributed by atoms with Crippen molar-refractivity contribution < 1.29 is 81.5 Å². The number of sulfonamides is 3. The Bertz CT molecular complexity index is 7110. The lowest BCUT2D eigenvalue weighted by Gasteiger charge is -2.17. The number of aromatic nitrogens is 10. The van der Waals surface area contributed by atoms with Crippen LogP contribution in [0.5, 0.6) is 5.88 Å². The van der Waals surface area contributed by atoms with Crippen LogP contribution in [0.2, 0.25) is 5.02 Å². The van der Waals surface area contributed by atoms with Gasteiger partial charge in [0.1, 0.15) is 66.7 Å². The molecule has 698 valence electrons. The molecule has 6 amide bonds. The number of amides is 6. The van der Waals surface area contributed by atoms with Crippen LogP contribution in [0.1, 0.15) is 84.3 Å². The number of carbonyl (C=O) groups is 6. The summed E-state index contributed by atoms with van der Waals surface area (Å²) in [4.78, 5) is 107. The van der Waals surface area contributed by atoms with Crippen molar-refractivity contribution >= 4 is 139 Å². The third-order valence-electron chi connectivity index (χ3n) is 19.2. The number of methoxy groups -OCH3 is 1. The number of anilines is 9. The summed E-state index contributed by atoms with van der Waals surface area (Å²) in [6.45, 7) is 17.3. The number of nitrogens with two attached hydrogens (primary N) is 1. The lowest BCUT2D eigenvalue weighted by Crippen LogP contribution is -2.37. The number of pyridine rings is 10. The highest BCUT2D eigenvalue weighted by Crippen LogP contribution is 2.35. The van der Waals surface area contributed by atoms with Crippen LogP contribution < -0.4 is 55.5 Å². The van der Waals surface area contributed by atoms with E-state index in [1.807, 2.05) is 44.2 Å². The number of benzene rings is 3. The molecule has 36 nitrogen and oxygen atoms in total. The van der Waals surface area contributed by atoms with Crippen molar-refractivity contribution in [3.63, 3.8) is 0 Å². The Kier molecular flexibility index (Phi) is 34.5. The number of ether oxygens (including phenoxy) is 1. The highest BCUT2D eigenvalue weighted by molar-refractivity contribution is 7.93. The van der Waals surface area contributed by atoms with Gasteiger partial charge in [0.25, 0.3) is 31.6 Å². The third kappa shape index (κ3) is 28.7. The van der Waals surface area contributed by atoms with Crippen molar-refractivity contribution in [2.24, 2.45) is 0 Å². The molecule has 0 aliphatic carbocycles. The van der Waals surface area contributed by atoms with Gasteiger partial charge in [-0.1, -0.05) is 54.1 Å². The second-order valence-corrected chi connectivity index (χ2v) is 38.0. The number of hydrogen-bond donors (Lipinski definition) is 9. The van der Waals surface area contributed by atoms with Crippen molar-refractivity contribution in [3.05, 3.63) is 269 Å². The third-order valence-corrected chi connectivity index (χ3v) is 25.4. The van der Waals surface area contributed by atoms with Gasteiger partial charge < -0.3 is 42.0 Å². The molecule has 0 spiro atoms. The topological polar surface area (TPSA) is 505 Å². The zero-order chi connectivity index (χ0) is 98.4. The lowest BCUT2D eigenvalue weighted by molar-refractivity contribution is -0.908. The van der Waals surface area contributed by atoms with E-state index >= 15 is 0 Å². The molecule has 0 bridgehead atoms. The van der Waals surface area contributed by atoms with Gasteiger partial charge in [0.05, 0.1) is 52.5 Å². The van der Waals surface area contributed by atoms with Crippen molar-refractivity contribution in [2.45, 2.75) is 97.3 Å². The van der Waals surface area contributed by atoms with Crippen LogP contribution in [0.4, 0.5) is 56.4 Å². The number of aryl methyl sites for hydroxylation is 6. The fourth-order valence-electron chi connectivity index (χ4n) is 12.5. The number of nitrogen functional groups attached to an aromatic ring is 1. The van der Waals surface area contributed by atoms with E-state index < -0.39 is 50.6 Å². The number of halogens is 2. The summed E-state index contributed by atoms with van der Waals surface area (Å²) in [6, 6.07) is 41.5. The molecule has 0 saturated heterocycles. The standard InChI is InChI=1S/C21H21FN4O3S.C20H19ClN4O3S.C20H20N4O3S.C16H18N4O3.C15H18N4O4S/c1-12-5-6-20(18(22)7-12)30(28,29)26-19-8-16(11-23-14(19)3)17-9-21(25-15(4)27)24-10-13(17)2;1-12-4-5-19(17(21)8-12)29(27,28)25-18-9-16(11-23-13(18)2)15-6-7-22-20(10-15)24-14(3)26;1-14(25)24-19-12-16(7-9-22-19)17-11-18(20(21)23-13-17)28(26,27)10-8-15-5-3-2-4-6-15;1-10(21)19-14-8-11(5-6-17-14)12-7-13(16(22)20(2)3)15(23-4)18-9-12;1-10-14(18(3)24(4,22)23)7-13(9-19(10)21)12-5-6-16-15(8-12)17-11(2)20/h5-11,26H,1-4H3,(H,24,25,27);4-11,25H,1-3H3,(H,22,24,26);2-7,9,11-13H,8,10H2,1H3,(H2,21,23)(H,22,24,25);5-9H,1-4H3,(H,17,19,21);5-9H,1-4H3,(H-,16,17,20,21)/p+1. The Morgan fingerprint density at radius 1 is 0.470 bits per heavy atom. The molecule has 3 aromatic carbocycles. The normalized spacial score (nSPS) is 11.0. The molecule has 13 rings (SSSR count). The summed E-state index contributed by atoms with van der Waals surface area (Å²) < 4.78 is 127. The van der Waals surface area contributed by atoms with E-state index in [4.69, 9.17) is 22.1 Å². The molecule has 10 aromatic heterocycles. The summed E-state index contributed by atoms with van der Waals surface area (Å²) in [5.41, 5.74) is 18.4. The Morgan fingerprint density at radius 2 is 0.896 bits per heavy atom. The first-order chi connectivity index (χ1) is 63.1. The number of sulfone groups is 1. The second kappa shape index (κ2) is 45.1. The van der Waals surface area contributed by atoms with E-state index in [1.54, 1.807) is 170 Å². The minimum absolute atomic E-state index is 0.00109. The molecular formula is C92H97ClFN20O16S4+. The van der Waals surface area contributed by atoms with Gasteiger partial charge in [0.2, 0.25) is 51.6 Å². The van der Waals surface area contributed by atoms with E-state index in [2.05, 4.69) is 80.9 Å². The van der Waals surface area contributed by atoms with Crippen LogP contribution in [0.25, 0.3) is 55.6 Å². The fourth-order valence-corrected chi connectivity index (χ4v) is 17.3. The monoisotopic (exact) mass is 1920 g/mol. The van der Waals surface area contributed by atoms with E-state index in [1.165, 1.54) is 109 Å². The van der Waals surface area contributed by atoms with Gasteiger partial charge in [-0.25, -0.2) is 72.9 Å². The average Bonchev–Trinajstić information content (AvgIpc) is 0.796. The van der Waals surface area contributed by atoms with Gasteiger partial charge in [0, 0.05) is 145 Å². The number of rotatable bonds is 24. The van der Waals surface area contributed by atoms with Gasteiger partial charge in [-0.2, -0.15) is 0 Å². The highest BCUT2D eigenvalue weighted by Gasteiger charge is 2.28. The van der Waals surface area contributed by atoms with Gasteiger partial charge in [0.15, 0.2) is 9.84 Å². The maximum atomic E-state index is 14.2. The van der Waals surface area contributed by atoms with E-state index in [9.17, 15) is 72.0 Å². The Hall–Kier alpha value is -15.2. The number of carbonyl (C=O) groups excluding carboxylic acids is 6. The average molecular weight is 1920 g/mol. The van der Waals surface area contributed by atoms with Gasteiger partial charge in [-0.3, -0.25) is 57.7 Å². The summed E-state index contributed by atoms with van der Waals surface area (Å²) in [6.07, 6.45) is 17.0. The summed E-state index contributed by atoms with van der Waals surface area (Å²) in [7, 11) is -8.94. The van der Waals surface area contributed by atoms with E-state index in [0.29, 0.717) is 108 Å². The minimum atomic E-state index is -4.15. The minimum Gasteiger partial charge on any atom is -0.480 e. The van der Waals surface area contributed by atoms with Crippen LogP contribution in [-0.2, 0) is 70.3 Å². The molecule has 0 saturated carbocycles. The number of nitrogens with one attached hydrogen (secondary N) is 7. The number of nitrogens with zero attached hydrogens (tertiary/aromatic N) is 12. The summed E-state index contributed by atoms with van der Waals surface area (Å²) in [5.74, 6) is -0.124. The number of hydrogen-bond acceptors (Lipinski definition) is 26. The van der Waals surface area contributed by atoms with Crippen LogP contribution in [-0.4, -0.2) is 164 Å². The predicted molar refractivity (Wildman–Crippen MR) is 511 cm³/mol. The van der Waals surface area contributed by atoms with E-state index in [0.717, 1.165) is 54.2 Å². The fraction of sp³-hybridized carbons (Fsp3) is 0.196. The Labute approximate surface area is 779 Å². The smallest absolute Gasteiger partial charge is 0.264 e. The van der Waals surface area contributed by atoms with Crippen molar-refractivity contribution in [2.75, 3.05) is 86.3 Å². The first kappa shape index (κ1) is 103. The van der Waals surface area contributed by atoms with E-state index in [-0.39, 0.29) is 73.4 Å². The largest absolute Gasteiger partial charge is 0.480 e. The molecule has 0 radical (unpaired) electrons. The molecule has 0 aliphatic rings. The van der Waals surface area contributed by atoms with Crippen molar-refractivity contribution in [1.29, 1.82) is 0 Å². The zero-order valence-electron chi connectivity index (χ0n) is 75.5. The maximum absolute atomic E-state index is 14.2. The molecule has 134 heavy (non-hydrogen) atoms. The summed E-state index contributed by atoms with van der Waals surface area (Å²) >= 11 is 6.13. The lowest BCUT2D eigenvalue weighted by atomic mass is 10.0. The van der Waals surface area contributed by atoms with Crippen LogP contribution in [0, 0.1) is 47.4 Å². The molecule has 0 unspecified atom stereocenters. The molecule has 10 heterocycles. The molecule has 10 N–H and O–H groups in total. The molecule has 0 aliphatic heterocycles. The maximum Gasteiger partial charge on any atom is 0.264 e. The molecule has 0 fully saturated rings. The molecule has 42 heteroatoms. The van der Waals surface area contributed by atoms with Crippen LogP contribution in [0.15, 0.2) is 228 Å².